The Bertz CT molecular complexity index is 560. The maximum atomic E-state index is 13.1. The van der Waals surface area contributed by atoms with E-state index in [1.54, 1.807) is 4.68 Å². The minimum absolute atomic E-state index is 0.207. The van der Waals surface area contributed by atoms with Crippen molar-refractivity contribution in [2.45, 2.75) is 26.4 Å². The van der Waals surface area contributed by atoms with Crippen LogP contribution in [0.3, 0.4) is 0 Å². The van der Waals surface area contributed by atoms with Gasteiger partial charge >= 0.3 is 0 Å². The molecule has 1 aromatic carbocycles. The van der Waals surface area contributed by atoms with Gasteiger partial charge in [-0.05, 0) is 26.0 Å². The van der Waals surface area contributed by atoms with Crippen LogP contribution in [0.25, 0.3) is 0 Å². The number of benzene rings is 1. The highest BCUT2D eigenvalue weighted by atomic mass is 35.5. The SMILES string of the molecule is CC(C)n1ncnc1CNc1c(Cl)cc(F)cc1Cl. The lowest BCUT2D eigenvalue weighted by Crippen LogP contribution is -2.12. The van der Waals surface area contributed by atoms with Crippen molar-refractivity contribution in [3.8, 4) is 0 Å². The van der Waals surface area contributed by atoms with Crippen LogP contribution in [-0.2, 0) is 6.54 Å². The molecule has 1 N–H and O–H groups in total. The Hall–Kier alpha value is -1.33. The zero-order valence-corrected chi connectivity index (χ0v) is 12.0. The van der Waals surface area contributed by atoms with Crippen LogP contribution >= 0.6 is 23.2 Å². The van der Waals surface area contributed by atoms with Gasteiger partial charge in [-0.2, -0.15) is 5.10 Å². The second-order valence-corrected chi connectivity index (χ2v) is 5.13. The molecule has 0 fully saturated rings. The molecule has 1 aromatic heterocycles. The fourth-order valence-electron chi connectivity index (χ4n) is 1.71. The molecule has 4 nitrogen and oxygen atoms in total. The summed E-state index contributed by atoms with van der Waals surface area (Å²) in [6.45, 7) is 4.43. The predicted molar refractivity (Wildman–Crippen MR) is 74.2 cm³/mol. The monoisotopic (exact) mass is 302 g/mol. The maximum absolute atomic E-state index is 13.1. The second-order valence-electron chi connectivity index (χ2n) is 4.31. The first-order valence-electron chi connectivity index (χ1n) is 5.76. The number of anilines is 1. The summed E-state index contributed by atoms with van der Waals surface area (Å²) < 4.78 is 14.9. The zero-order chi connectivity index (χ0) is 14.0. The summed E-state index contributed by atoms with van der Waals surface area (Å²) in [6.07, 6.45) is 1.49. The molecule has 1 heterocycles. The quantitative estimate of drug-likeness (QED) is 0.931. The molecular formula is C12H13Cl2FN4. The number of hydrogen-bond donors (Lipinski definition) is 1. The Morgan fingerprint density at radius 1 is 1.32 bits per heavy atom. The van der Waals surface area contributed by atoms with Gasteiger partial charge in [-0.25, -0.2) is 14.1 Å². The minimum Gasteiger partial charge on any atom is -0.375 e. The molecule has 0 amide bonds. The molecule has 0 saturated heterocycles. The summed E-state index contributed by atoms with van der Waals surface area (Å²) in [7, 11) is 0. The van der Waals surface area contributed by atoms with E-state index in [1.807, 2.05) is 13.8 Å². The highest BCUT2D eigenvalue weighted by molar-refractivity contribution is 6.39. The van der Waals surface area contributed by atoms with Gasteiger partial charge < -0.3 is 5.32 Å². The predicted octanol–water partition coefficient (Wildman–Crippen LogP) is 3.92. The van der Waals surface area contributed by atoms with Gasteiger partial charge in [0.15, 0.2) is 0 Å². The number of rotatable bonds is 4. The summed E-state index contributed by atoms with van der Waals surface area (Å²) in [5.41, 5.74) is 0.489. The number of hydrogen-bond acceptors (Lipinski definition) is 3. The second kappa shape index (κ2) is 5.75. The smallest absolute Gasteiger partial charge is 0.146 e. The van der Waals surface area contributed by atoms with Gasteiger partial charge in [0, 0.05) is 6.04 Å². The number of nitrogens with one attached hydrogen (secondary N) is 1. The van der Waals surface area contributed by atoms with E-state index in [0.717, 1.165) is 5.82 Å². The van der Waals surface area contributed by atoms with E-state index in [2.05, 4.69) is 15.4 Å². The van der Waals surface area contributed by atoms with Gasteiger partial charge in [-0.3, -0.25) is 0 Å². The van der Waals surface area contributed by atoms with Gasteiger partial charge in [0.25, 0.3) is 0 Å². The standard InChI is InChI=1S/C12H13Cl2FN4/c1-7(2)19-11(17-6-18-19)5-16-12-9(13)3-8(15)4-10(12)14/h3-4,6-7,16H,5H2,1-2H3. The van der Waals surface area contributed by atoms with Crippen LogP contribution in [0.4, 0.5) is 10.1 Å². The Balaban J connectivity index is 2.17. The van der Waals surface area contributed by atoms with E-state index in [4.69, 9.17) is 23.2 Å². The Morgan fingerprint density at radius 2 is 1.95 bits per heavy atom. The van der Waals surface area contributed by atoms with E-state index in [9.17, 15) is 4.39 Å². The largest absolute Gasteiger partial charge is 0.375 e. The van der Waals surface area contributed by atoms with Crippen molar-refractivity contribution in [2.24, 2.45) is 0 Å². The highest BCUT2D eigenvalue weighted by Crippen LogP contribution is 2.31. The van der Waals surface area contributed by atoms with E-state index < -0.39 is 5.82 Å². The molecule has 0 aliphatic carbocycles. The molecule has 2 rings (SSSR count). The molecular weight excluding hydrogens is 290 g/mol. The third-order valence-corrected chi connectivity index (χ3v) is 3.16. The van der Waals surface area contributed by atoms with Gasteiger partial charge in [0.05, 0.1) is 22.3 Å². The minimum atomic E-state index is -0.467. The zero-order valence-electron chi connectivity index (χ0n) is 10.5. The lowest BCUT2D eigenvalue weighted by atomic mass is 10.3. The van der Waals surface area contributed by atoms with Crippen molar-refractivity contribution in [1.82, 2.24) is 14.8 Å². The first-order chi connectivity index (χ1) is 8.99. The van der Waals surface area contributed by atoms with Gasteiger partial charge in [0.1, 0.15) is 18.0 Å². The number of halogens is 3. The van der Waals surface area contributed by atoms with Crippen LogP contribution < -0.4 is 5.32 Å². The van der Waals surface area contributed by atoms with Crippen molar-refractivity contribution in [3.05, 3.63) is 40.1 Å². The topological polar surface area (TPSA) is 42.7 Å². The third-order valence-electron chi connectivity index (χ3n) is 2.57. The van der Waals surface area contributed by atoms with Crippen molar-refractivity contribution >= 4 is 28.9 Å². The summed E-state index contributed by atoms with van der Waals surface area (Å²) in [4.78, 5) is 4.16. The van der Waals surface area contributed by atoms with Gasteiger partial charge in [-0.1, -0.05) is 23.2 Å². The van der Waals surface area contributed by atoms with Crippen LogP contribution in [0.15, 0.2) is 18.5 Å². The Labute approximate surface area is 120 Å². The van der Waals surface area contributed by atoms with Crippen molar-refractivity contribution in [3.63, 3.8) is 0 Å². The van der Waals surface area contributed by atoms with E-state index in [1.165, 1.54) is 18.5 Å². The first kappa shape index (κ1) is 14.1. The molecule has 0 unspecified atom stereocenters. The molecule has 0 radical (unpaired) electrons. The number of nitrogens with zero attached hydrogens (tertiary/aromatic N) is 3. The molecule has 0 atom stereocenters. The van der Waals surface area contributed by atoms with E-state index in [0.29, 0.717) is 12.2 Å². The average Bonchev–Trinajstić information content (AvgIpc) is 2.75. The van der Waals surface area contributed by atoms with E-state index >= 15 is 0 Å². The molecule has 0 aliphatic heterocycles. The Kier molecular flexibility index (Phi) is 4.27. The van der Waals surface area contributed by atoms with Crippen molar-refractivity contribution < 1.29 is 4.39 Å². The summed E-state index contributed by atoms with van der Waals surface area (Å²) in [5, 5.41) is 7.65. The maximum Gasteiger partial charge on any atom is 0.146 e. The van der Waals surface area contributed by atoms with Gasteiger partial charge in [0.2, 0.25) is 0 Å². The van der Waals surface area contributed by atoms with Crippen LogP contribution in [0.1, 0.15) is 25.7 Å². The van der Waals surface area contributed by atoms with E-state index in [-0.39, 0.29) is 16.1 Å². The molecule has 7 heteroatoms. The lowest BCUT2D eigenvalue weighted by Gasteiger charge is -2.12. The van der Waals surface area contributed by atoms with Crippen LogP contribution in [0.5, 0.6) is 0 Å². The van der Waals surface area contributed by atoms with Crippen LogP contribution in [0, 0.1) is 5.82 Å². The van der Waals surface area contributed by atoms with Crippen LogP contribution in [-0.4, -0.2) is 14.8 Å². The summed E-state index contributed by atoms with van der Waals surface area (Å²) in [5.74, 6) is 0.289. The van der Waals surface area contributed by atoms with Crippen molar-refractivity contribution in [1.29, 1.82) is 0 Å². The molecule has 0 saturated carbocycles. The van der Waals surface area contributed by atoms with Crippen molar-refractivity contribution in [2.75, 3.05) is 5.32 Å². The average molecular weight is 303 g/mol. The number of aromatic nitrogens is 3. The third kappa shape index (κ3) is 3.16. The van der Waals surface area contributed by atoms with Gasteiger partial charge in [-0.15, -0.1) is 0 Å². The summed E-state index contributed by atoms with van der Waals surface area (Å²) in [6, 6.07) is 2.63. The molecule has 0 bridgehead atoms. The fraction of sp³-hybridized carbons (Fsp3) is 0.333. The molecule has 19 heavy (non-hydrogen) atoms. The highest BCUT2D eigenvalue weighted by Gasteiger charge is 2.11. The van der Waals surface area contributed by atoms with Crippen LogP contribution in [0.2, 0.25) is 10.0 Å². The Morgan fingerprint density at radius 3 is 2.53 bits per heavy atom. The molecule has 102 valence electrons. The normalized spacial score (nSPS) is 11.1. The molecule has 0 aliphatic rings. The lowest BCUT2D eigenvalue weighted by molar-refractivity contribution is 0.509. The summed E-state index contributed by atoms with van der Waals surface area (Å²) >= 11 is 11.9. The molecule has 2 aromatic rings. The molecule has 0 spiro atoms. The fourth-order valence-corrected chi connectivity index (χ4v) is 2.30. The first-order valence-corrected chi connectivity index (χ1v) is 6.51.